The summed E-state index contributed by atoms with van der Waals surface area (Å²) in [7, 11) is 0. The Morgan fingerprint density at radius 1 is 0.349 bits per heavy atom. The van der Waals surface area contributed by atoms with E-state index in [2.05, 4.69) is 113 Å². The van der Waals surface area contributed by atoms with Crippen LogP contribution in [-0.2, 0) is 38.8 Å². The number of aryl methyl sites for hydroxylation is 4. The van der Waals surface area contributed by atoms with Crippen LogP contribution in [0.25, 0.3) is 73.2 Å². The fraction of sp³-hybridized carbons (Fsp3) is 0.615. The molecule has 0 aliphatic rings. The number of nitrogens with zero attached hydrogens (tertiary/aromatic N) is 2. The van der Waals surface area contributed by atoms with Crippen LogP contribution in [0.2, 0.25) is 0 Å². The van der Waals surface area contributed by atoms with Crippen LogP contribution in [0.1, 0.15) is 282 Å². The first-order valence-electron chi connectivity index (χ1n) is 35.6. The summed E-state index contributed by atoms with van der Waals surface area (Å²) in [6, 6.07) is 22.5. The molecule has 0 aliphatic carbocycles. The second-order valence-corrected chi connectivity index (χ2v) is 30.5. The van der Waals surface area contributed by atoms with Gasteiger partial charge in [-0.15, -0.1) is 45.3 Å². The van der Waals surface area contributed by atoms with Gasteiger partial charge in [0.05, 0.1) is 22.1 Å². The summed E-state index contributed by atoms with van der Waals surface area (Å²) in [6.07, 6.45) is 43.7. The van der Waals surface area contributed by atoms with E-state index in [0.29, 0.717) is 23.0 Å². The number of thiophene rings is 4. The molecule has 2 atom stereocenters. The first-order valence-corrected chi connectivity index (χ1v) is 38.9. The van der Waals surface area contributed by atoms with Crippen LogP contribution < -0.4 is 0 Å². The minimum Gasteiger partial charge on any atom is -0.339 e. The van der Waals surface area contributed by atoms with E-state index in [-0.39, 0.29) is 11.6 Å². The van der Waals surface area contributed by atoms with E-state index in [1.54, 1.807) is 0 Å². The van der Waals surface area contributed by atoms with Gasteiger partial charge in [-0.2, -0.15) is 0 Å². The second-order valence-electron chi connectivity index (χ2n) is 26.0. The van der Waals surface area contributed by atoms with Crippen molar-refractivity contribution in [3.63, 3.8) is 0 Å². The van der Waals surface area contributed by atoms with Crippen molar-refractivity contribution in [2.75, 3.05) is 0 Å². The molecular formula is C78H112F2N2S4. The summed E-state index contributed by atoms with van der Waals surface area (Å²) in [5.74, 6) is 0.940. The van der Waals surface area contributed by atoms with Crippen molar-refractivity contribution in [1.82, 2.24) is 9.13 Å². The topological polar surface area (TPSA) is 9.86 Å². The average molecular weight is 1240 g/mol. The number of fused-ring (bicyclic) bond motifs is 5. The van der Waals surface area contributed by atoms with Gasteiger partial charge in [0.2, 0.25) is 0 Å². The Labute approximate surface area is 537 Å². The maximum absolute atomic E-state index is 17.9. The number of rotatable bonds is 44. The molecule has 0 aliphatic heterocycles. The van der Waals surface area contributed by atoms with Gasteiger partial charge in [-0.05, 0) is 135 Å². The van der Waals surface area contributed by atoms with Crippen molar-refractivity contribution in [2.45, 2.75) is 300 Å². The zero-order valence-corrected chi connectivity index (χ0v) is 58.3. The fourth-order valence-corrected chi connectivity index (χ4v) is 18.6. The molecule has 0 fully saturated rings. The van der Waals surface area contributed by atoms with Gasteiger partial charge >= 0.3 is 0 Å². The van der Waals surface area contributed by atoms with E-state index in [1.807, 2.05) is 57.5 Å². The van der Waals surface area contributed by atoms with E-state index in [0.717, 1.165) is 120 Å². The van der Waals surface area contributed by atoms with Crippen LogP contribution >= 0.6 is 45.3 Å². The van der Waals surface area contributed by atoms with Crippen molar-refractivity contribution in [3.05, 3.63) is 93.2 Å². The van der Waals surface area contributed by atoms with Gasteiger partial charge in [0.15, 0.2) is 0 Å². The Bertz CT molecular complexity index is 3030. The smallest absolute Gasteiger partial charge is 0.132 e. The lowest BCUT2D eigenvalue weighted by atomic mass is 9.89. The summed E-state index contributed by atoms with van der Waals surface area (Å²) in [6.45, 7) is 20.0. The monoisotopic (exact) mass is 1240 g/mol. The average Bonchev–Trinajstić information content (AvgIpc) is 1.59. The third-order valence-corrected chi connectivity index (χ3v) is 23.9. The maximum Gasteiger partial charge on any atom is 0.132 e. The minimum atomic E-state index is -0.152. The molecule has 8 heteroatoms. The quantitative estimate of drug-likeness (QED) is 0.0337. The van der Waals surface area contributed by atoms with Gasteiger partial charge in [-0.3, -0.25) is 0 Å². The SMILES string of the molecule is CCCCCCc1ccc(-c2sc(-c3cc4c(cc3F)c3c(c5cc(F)c(-c6cc(CC(CCCC)CCCCCC)c(-c7ccc(CCCCCC)s7)s6)cc5n3CCCCCC)n4CCCCCC)cc2CC(CCCC)CCCCCC)s1. The molecule has 2 unspecified atom stereocenters. The highest BCUT2D eigenvalue weighted by atomic mass is 32.1. The third-order valence-electron chi connectivity index (χ3n) is 18.9. The Morgan fingerprint density at radius 3 is 1.07 bits per heavy atom. The van der Waals surface area contributed by atoms with Crippen molar-refractivity contribution in [3.8, 4) is 40.4 Å². The van der Waals surface area contributed by atoms with Crippen molar-refractivity contribution < 1.29 is 8.78 Å². The summed E-state index contributed by atoms with van der Waals surface area (Å²) < 4.78 is 40.7. The highest BCUT2D eigenvalue weighted by Crippen LogP contribution is 2.49. The lowest BCUT2D eigenvalue weighted by Crippen LogP contribution is -2.05. The molecule has 0 spiro atoms. The van der Waals surface area contributed by atoms with Crippen molar-refractivity contribution in [2.24, 2.45) is 11.8 Å². The first-order chi connectivity index (χ1) is 42.2. The Kier molecular flexibility index (Phi) is 28.9. The molecule has 0 bridgehead atoms. The molecule has 6 heterocycles. The van der Waals surface area contributed by atoms with E-state index < -0.39 is 0 Å². The minimum absolute atomic E-state index is 0.152. The molecule has 0 amide bonds. The lowest BCUT2D eigenvalue weighted by molar-refractivity contribution is 0.411. The summed E-state index contributed by atoms with van der Waals surface area (Å²) in [4.78, 5) is 10.4. The molecule has 0 saturated heterocycles. The van der Waals surface area contributed by atoms with Crippen LogP contribution in [0.4, 0.5) is 8.78 Å². The van der Waals surface area contributed by atoms with E-state index >= 15 is 8.78 Å². The van der Waals surface area contributed by atoms with Gasteiger partial charge in [0, 0.05) is 74.0 Å². The number of halogens is 2. The van der Waals surface area contributed by atoms with Gasteiger partial charge < -0.3 is 9.13 Å². The first kappa shape index (κ1) is 68.4. The van der Waals surface area contributed by atoms with Crippen LogP contribution in [-0.4, -0.2) is 9.13 Å². The normalized spacial score (nSPS) is 12.8. The molecule has 2 aromatic carbocycles. The zero-order valence-electron chi connectivity index (χ0n) is 55.1. The van der Waals surface area contributed by atoms with E-state index in [1.165, 1.54) is 207 Å². The number of benzene rings is 2. The molecule has 2 nitrogen and oxygen atoms in total. The maximum atomic E-state index is 17.9. The Balaban J connectivity index is 1.27. The Hall–Kier alpha value is -3.56. The number of aromatic nitrogens is 2. The van der Waals surface area contributed by atoms with Crippen LogP contribution in [0.3, 0.4) is 0 Å². The highest BCUT2D eigenvalue weighted by Gasteiger charge is 2.28. The van der Waals surface area contributed by atoms with Crippen molar-refractivity contribution >= 4 is 78.2 Å². The molecule has 0 radical (unpaired) electrons. The molecular weight excluding hydrogens is 1130 g/mol. The zero-order chi connectivity index (χ0) is 60.6. The third kappa shape index (κ3) is 18.3. The fourth-order valence-electron chi connectivity index (χ4n) is 13.8. The summed E-state index contributed by atoms with van der Waals surface area (Å²) in [5, 5.41) is 1.92. The molecule has 472 valence electrons. The van der Waals surface area contributed by atoms with E-state index in [4.69, 9.17) is 0 Å². The number of hydrogen-bond acceptors (Lipinski definition) is 4. The summed E-state index contributed by atoms with van der Waals surface area (Å²) >= 11 is 7.58. The van der Waals surface area contributed by atoms with Gasteiger partial charge in [-0.1, -0.05) is 235 Å². The van der Waals surface area contributed by atoms with Gasteiger partial charge in [0.25, 0.3) is 0 Å². The number of unbranched alkanes of at least 4 members (excludes halogenated alkanes) is 20. The lowest BCUT2D eigenvalue weighted by Gasteiger charge is -2.17. The summed E-state index contributed by atoms with van der Waals surface area (Å²) in [5.41, 5.74) is 8.52. The highest BCUT2D eigenvalue weighted by molar-refractivity contribution is 7.24. The predicted octanol–water partition coefficient (Wildman–Crippen LogP) is 28.0. The predicted molar refractivity (Wildman–Crippen MR) is 383 cm³/mol. The van der Waals surface area contributed by atoms with Crippen LogP contribution in [0, 0.1) is 23.5 Å². The van der Waals surface area contributed by atoms with Crippen LogP contribution in [0.15, 0.2) is 60.7 Å². The van der Waals surface area contributed by atoms with Gasteiger partial charge in [0.1, 0.15) is 11.6 Å². The molecule has 0 saturated carbocycles. The largest absolute Gasteiger partial charge is 0.339 e. The van der Waals surface area contributed by atoms with Crippen LogP contribution in [0.5, 0.6) is 0 Å². The standard InChI is InChI=1S/C78H112F2N2S4/c1-9-17-25-31-39-57(37-23-15-7)49-59-51-73(85-77(59)71-45-43-61(83-71)41-33-27-19-11-3)63-55-69-65(53-67(63)79)75-76(81(69)47-35-29-21-13-5)66-54-68(80)64(56-70(66)82(75)48-36-30-22-14-6)74-52-60(50-58(38-24-16-8)40-32-26-18-10-2)78(86-74)72-46-44-62(84-72)42-34-28-20-12-4/h43-46,51-58H,9-42,47-50H2,1-8H3. The molecule has 8 rings (SSSR count). The van der Waals surface area contributed by atoms with Crippen molar-refractivity contribution in [1.29, 1.82) is 0 Å². The number of hydrogen-bond donors (Lipinski definition) is 0. The second kappa shape index (κ2) is 36.3. The molecule has 8 aromatic rings. The molecule has 86 heavy (non-hydrogen) atoms. The van der Waals surface area contributed by atoms with E-state index in [9.17, 15) is 0 Å². The molecule has 6 aromatic heterocycles. The van der Waals surface area contributed by atoms with Gasteiger partial charge in [-0.25, -0.2) is 8.78 Å². The molecule has 0 N–H and O–H groups in total. The Morgan fingerprint density at radius 2 is 0.698 bits per heavy atom.